The lowest BCUT2D eigenvalue weighted by Crippen LogP contribution is -2.60. The highest BCUT2D eigenvalue weighted by molar-refractivity contribution is 6.29. The van der Waals surface area contributed by atoms with Crippen molar-refractivity contribution in [1.29, 1.82) is 0 Å². The second-order valence-electron chi connectivity index (χ2n) is 6.20. The average Bonchev–Trinajstić information content (AvgIpc) is 2.66. The Hall–Kier alpha value is -2.73. The molecule has 0 spiro atoms. The first-order chi connectivity index (χ1) is 12.6. The lowest BCUT2D eigenvalue weighted by atomic mass is 10.0. The molecule has 1 aromatic rings. The van der Waals surface area contributed by atoms with Crippen molar-refractivity contribution < 1.29 is 19.1 Å². The number of allylic oxidation sites excluding steroid dienone is 2. The summed E-state index contributed by atoms with van der Waals surface area (Å²) in [5.41, 5.74) is 0.981. The van der Waals surface area contributed by atoms with Gasteiger partial charge in [0.25, 0.3) is 11.8 Å². The van der Waals surface area contributed by atoms with Gasteiger partial charge in [-0.1, -0.05) is 42.5 Å². The van der Waals surface area contributed by atoms with E-state index in [9.17, 15) is 14.4 Å². The molecule has 2 aliphatic heterocycles. The van der Waals surface area contributed by atoms with Gasteiger partial charge in [0.05, 0.1) is 0 Å². The van der Waals surface area contributed by atoms with Crippen molar-refractivity contribution in [3.05, 3.63) is 53.6 Å². The summed E-state index contributed by atoms with van der Waals surface area (Å²) in [6.07, 6.45) is 6.18. The van der Waals surface area contributed by atoms with Gasteiger partial charge in [-0.05, 0) is 31.4 Å². The second-order valence-corrected chi connectivity index (χ2v) is 6.20. The predicted octanol–water partition coefficient (Wildman–Crippen LogP) is 2.62. The summed E-state index contributed by atoms with van der Waals surface area (Å²) >= 11 is 0. The standard InChI is InChI=1S/C20H22N2O4/c1-2-21-18(23)17(10-6-9-15-7-4-3-5-8-15)19(24)22(20(21)25)16-11-13-26-14-12-16/h3-10,16H,2,11-14H2,1H3. The number of rotatable bonds is 4. The van der Waals surface area contributed by atoms with E-state index >= 15 is 0 Å². The molecule has 0 radical (unpaired) electrons. The van der Waals surface area contributed by atoms with E-state index < -0.39 is 17.8 Å². The molecule has 0 atom stereocenters. The molecule has 0 aromatic heterocycles. The molecule has 6 heteroatoms. The third-order valence-corrected chi connectivity index (χ3v) is 4.59. The van der Waals surface area contributed by atoms with Crippen LogP contribution in [0.25, 0.3) is 6.08 Å². The van der Waals surface area contributed by atoms with Gasteiger partial charge >= 0.3 is 6.03 Å². The number of carbonyl (C=O) groups excluding carboxylic acids is 3. The minimum Gasteiger partial charge on any atom is -0.381 e. The van der Waals surface area contributed by atoms with Crippen LogP contribution in [0.4, 0.5) is 4.79 Å². The maximum Gasteiger partial charge on any atom is 0.334 e. The molecule has 4 amide bonds. The van der Waals surface area contributed by atoms with Crippen molar-refractivity contribution >= 4 is 23.9 Å². The fourth-order valence-corrected chi connectivity index (χ4v) is 3.18. The van der Waals surface area contributed by atoms with Gasteiger partial charge in [0.15, 0.2) is 0 Å². The van der Waals surface area contributed by atoms with Crippen molar-refractivity contribution in [2.24, 2.45) is 0 Å². The summed E-state index contributed by atoms with van der Waals surface area (Å²) in [5.74, 6) is -1.06. The molecule has 2 aliphatic rings. The molecule has 1 aromatic carbocycles. The molecule has 6 nitrogen and oxygen atoms in total. The average molecular weight is 354 g/mol. The monoisotopic (exact) mass is 354 g/mol. The molecule has 136 valence electrons. The Bertz CT molecular complexity index is 748. The topological polar surface area (TPSA) is 66.9 Å². The summed E-state index contributed by atoms with van der Waals surface area (Å²) in [4.78, 5) is 40.4. The van der Waals surface area contributed by atoms with Crippen LogP contribution < -0.4 is 0 Å². The van der Waals surface area contributed by atoms with Crippen molar-refractivity contribution in [1.82, 2.24) is 9.80 Å². The van der Waals surface area contributed by atoms with Crippen molar-refractivity contribution in [3.8, 4) is 0 Å². The van der Waals surface area contributed by atoms with Crippen molar-refractivity contribution in [2.45, 2.75) is 25.8 Å². The van der Waals surface area contributed by atoms with Gasteiger partial charge in [0.2, 0.25) is 0 Å². The Kier molecular flexibility index (Phi) is 5.63. The number of amides is 4. The maximum atomic E-state index is 12.9. The van der Waals surface area contributed by atoms with Crippen LogP contribution in [0.2, 0.25) is 0 Å². The first-order valence-corrected chi connectivity index (χ1v) is 8.84. The van der Waals surface area contributed by atoms with E-state index in [0.717, 1.165) is 10.5 Å². The SMILES string of the molecule is CCN1C(=O)C(=CC=Cc2ccccc2)C(=O)N(C2CCOCC2)C1=O. The van der Waals surface area contributed by atoms with Crippen molar-refractivity contribution in [3.63, 3.8) is 0 Å². The summed E-state index contributed by atoms with van der Waals surface area (Å²) in [5, 5.41) is 0. The van der Waals surface area contributed by atoms with Gasteiger partial charge in [-0.2, -0.15) is 0 Å². The molecule has 0 aliphatic carbocycles. The third kappa shape index (κ3) is 3.60. The maximum absolute atomic E-state index is 12.9. The molecule has 26 heavy (non-hydrogen) atoms. The van der Waals surface area contributed by atoms with Gasteiger partial charge in [-0.3, -0.25) is 19.4 Å². The van der Waals surface area contributed by atoms with E-state index in [4.69, 9.17) is 4.74 Å². The Morgan fingerprint density at radius 2 is 1.77 bits per heavy atom. The zero-order valence-corrected chi connectivity index (χ0v) is 14.8. The molecule has 2 saturated heterocycles. The minimum absolute atomic E-state index is 0.0186. The van der Waals surface area contributed by atoms with E-state index in [1.54, 1.807) is 13.0 Å². The smallest absolute Gasteiger partial charge is 0.334 e. The number of hydrogen-bond donors (Lipinski definition) is 0. The van der Waals surface area contributed by atoms with Crippen LogP contribution >= 0.6 is 0 Å². The van der Waals surface area contributed by atoms with Crippen molar-refractivity contribution in [2.75, 3.05) is 19.8 Å². The fourth-order valence-electron chi connectivity index (χ4n) is 3.18. The number of likely N-dealkylation sites (N-methyl/N-ethyl adjacent to an activating group) is 1. The number of urea groups is 1. The van der Waals surface area contributed by atoms with Gasteiger partial charge in [-0.15, -0.1) is 0 Å². The molecule has 2 fully saturated rings. The zero-order valence-electron chi connectivity index (χ0n) is 14.8. The normalized spacial score (nSPS) is 21.3. The highest BCUT2D eigenvalue weighted by atomic mass is 16.5. The van der Waals surface area contributed by atoms with Crippen LogP contribution in [-0.4, -0.2) is 53.4 Å². The molecular weight excluding hydrogens is 332 g/mol. The number of benzene rings is 1. The Labute approximate surface area is 152 Å². The first-order valence-electron chi connectivity index (χ1n) is 8.84. The third-order valence-electron chi connectivity index (χ3n) is 4.59. The van der Waals surface area contributed by atoms with Crippen LogP contribution in [0, 0.1) is 0 Å². The number of imide groups is 2. The molecule has 0 saturated carbocycles. The Morgan fingerprint density at radius 3 is 2.42 bits per heavy atom. The number of barbiturate groups is 1. The van der Waals surface area contributed by atoms with Crippen LogP contribution in [0.5, 0.6) is 0 Å². The fraction of sp³-hybridized carbons (Fsp3) is 0.350. The first kappa shape index (κ1) is 18.1. The molecule has 0 N–H and O–H groups in total. The van der Waals surface area contributed by atoms with E-state index in [1.807, 2.05) is 36.4 Å². The lowest BCUT2D eigenvalue weighted by Gasteiger charge is -2.39. The number of carbonyl (C=O) groups is 3. The van der Waals surface area contributed by atoms with Crippen LogP contribution in [0.1, 0.15) is 25.3 Å². The lowest BCUT2D eigenvalue weighted by molar-refractivity contribution is -0.138. The number of nitrogens with zero attached hydrogens (tertiary/aromatic N) is 2. The molecule has 2 heterocycles. The Morgan fingerprint density at radius 1 is 1.08 bits per heavy atom. The summed E-state index contributed by atoms with van der Waals surface area (Å²) in [7, 11) is 0. The molecular formula is C20H22N2O4. The largest absolute Gasteiger partial charge is 0.381 e. The molecule has 0 unspecified atom stereocenters. The van der Waals surface area contributed by atoms with Crippen LogP contribution in [0.15, 0.2) is 48.1 Å². The molecule has 0 bridgehead atoms. The van der Waals surface area contributed by atoms with Crippen LogP contribution in [-0.2, 0) is 14.3 Å². The van der Waals surface area contributed by atoms with Crippen LogP contribution in [0.3, 0.4) is 0 Å². The highest BCUT2D eigenvalue weighted by Crippen LogP contribution is 2.24. The quantitative estimate of drug-likeness (QED) is 0.616. The van der Waals surface area contributed by atoms with Gasteiger partial charge in [-0.25, -0.2) is 4.79 Å². The summed E-state index contributed by atoms with van der Waals surface area (Å²) in [6, 6.07) is 8.83. The zero-order chi connectivity index (χ0) is 18.5. The summed E-state index contributed by atoms with van der Waals surface area (Å²) in [6.45, 7) is 2.97. The summed E-state index contributed by atoms with van der Waals surface area (Å²) < 4.78 is 5.32. The Balaban J connectivity index is 1.88. The second kappa shape index (κ2) is 8.10. The van der Waals surface area contributed by atoms with E-state index in [1.165, 1.54) is 11.0 Å². The van der Waals surface area contributed by atoms with E-state index in [0.29, 0.717) is 26.1 Å². The van der Waals surface area contributed by atoms with E-state index in [-0.39, 0.29) is 18.2 Å². The number of ether oxygens (including phenoxy) is 1. The number of hydrogen-bond acceptors (Lipinski definition) is 4. The van der Waals surface area contributed by atoms with Gasteiger partial charge in [0, 0.05) is 25.8 Å². The highest BCUT2D eigenvalue weighted by Gasteiger charge is 2.44. The van der Waals surface area contributed by atoms with E-state index in [2.05, 4.69) is 0 Å². The molecule has 3 rings (SSSR count). The van der Waals surface area contributed by atoms with Gasteiger partial charge < -0.3 is 4.74 Å². The van der Waals surface area contributed by atoms with Gasteiger partial charge in [0.1, 0.15) is 5.57 Å². The minimum atomic E-state index is -0.538. The predicted molar refractivity (Wildman–Crippen MR) is 97.0 cm³/mol.